The highest BCUT2D eigenvalue weighted by Gasteiger charge is 2.05. The van der Waals surface area contributed by atoms with Crippen molar-refractivity contribution in [3.63, 3.8) is 0 Å². The number of benzene rings is 1. The number of hydrogen-bond donors (Lipinski definition) is 1. The topological polar surface area (TPSA) is 55.6 Å². The molecule has 0 amide bonds. The highest BCUT2D eigenvalue weighted by molar-refractivity contribution is 5.22. The summed E-state index contributed by atoms with van der Waals surface area (Å²) in [5.41, 5.74) is 2.58. The molecule has 0 aliphatic rings. The molecule has 0 spiro atoms. The quantitative estimate of drug-likeness (QED) is 0.826. The molecule has 0 aliphatic carbocycles. The first-order chi connectivity index (χ1) is 8.83. The van der Waals surface area contributed by atoms with E-state index in [0.717, 1.165) is 31.8 Å². The third-order valence-corrected chi connectivity index (χ3v) is 2.97. The fourth-order valence-electron chi connectivity index (χ4n) is 1.82. The first kappa shape index (κ1) is 12.7. The maximum absolute atomic E-state index is 4.05. The molecular weight excluding hydrogens is 226 g/mol. The summed E-state index contributed by atoms with van der Waals surface area (Å²) < 4.78 is 1.86. The normalized spacial score (nSPS) is 10.8. The Morgan fingerprint density at radius 2 is 1.89 bits per heavy atom. The molecule has 0 bridgehead atoms. The molecule has 96 valence electrons. The van der Waals surface area contributed by atoms with Crippen molar-refractivity contribution in [3.8, 4) is 0 Å². The van der Waals surface area contributed by atoms with Crippen molar-refractivity contribution < 1.29 is 0 Å². The molecule has 2 aromatic rings. The van der Waals surface area contributed by atoms with Crippen LogP contribution in [0.3, 0.4) is 0 Å². The predicted molar refractivity (Wildman–Crippen MR) is 70.4 cm³/mol. The summed E-state index contributed by atoms with van der Waals surface area (Å²) in [6, 6.07) is 8.60. The van der Waals surface area contributed by atoms with Crippen molar-refractivity contribution in [2.24, 2.45) is 0 Å². The maximum atomic E-state index is 4.05. The second-order valence-electron chi connectivity index (χ2n) is 4.28. The van der Waals surface area contributed by atoms with Crippen molar-refractivity contribution in [3.05, 3.63) is 41.2 Å². The molecule has 5 nitrogen and oxygen atoms in total. The zero-order chi connectivity index (χ0) is 12.8. The molecule has 1 N–H and O–H groups in total. The van der Waals surface area contributed by atoms with Crippen LogP contribution in [0.1, 0.15) is 23.9 Å². The van der Waals surface area contributed by atoms with E-state index < -0.39 is 0 Å². The van der Waals surface area contributed by atoms with Gasteiger partial charge >= 0.3 is 0 Å². The Bertz CT molecular complexity index is 474. The highest BCUT2D eigenvalue weighted by Crippen LogP contribution is 2.07. The van der Waals surface area contributed by atoms with Crippen molar-refractivity contribution >= 4 is 0 Å². The van der Waals surface area contributed by atoms with Gasteiger partial charge in [-0.05, 0) is 35.0 Å². The van der Waals surface area contributed by atoms with Crippen LogP contribution in [0.2, 0.25) is 0 Å². The van der Waals surface area contributed by atoms with E-state index in [1.54, 1.807) is 0 Å². The molecule has 0 aliphatic heterocycles. The lowest BCUT2D eigenvalue weighted by atomic mass is 10.1. The largest absolute Gasteiger partial charge is 0.319 e. The van der Waals surface area contributed by atoms with Crippen molar-refractivity contribution in [1.82, 2.24) is 25.5 Å². The summed E-state index contributed by atoms with van der Waals surface area (Å²) in [4.78, 5) is 0. The van der Waals surface area contributed by atoms with Gasteiger partial charge in [-0.2, -0.15) is 0 Å². The predicted octanol–water partition coefficient (Wildman–Crippen LogP) is 1.05. The Labute approximate surface area is 107 Å². The van der Waals surface area contributed by atoms with Crippen molar-refractivity contribution in [2.75, 3.05) is 13.6 Å². The SMILES string of the molecule is CCc1ccc(Cn2nnnc2CCNC)cc1. The van der Waals surface area contributed by atoms with Gasteiger partial charge in [0.1, 0.15) is 0 Å². The zero-order valence-corrected chi connectivity index (χ0v) is 10.9. The number of tetrazole rings is 1. The van der Waals surface area contributed by atoms with Gasteiger partial charge in [0, 0.05) is 13.0 Å². The summed E-state index contributed by atoms with van der Waals surface area (Å²) in [6.07, 6.45) is 1.91. The van der Waals surface area contributed by atoms with Gasteiger partial charge in [-0.1, -0.05) is 31.2 Å². The Kier molecular flexibility index (Phi) is 4.41. The molecule has 2 rings (SSSR count). The number of aryl methyl sites for hydroxylation is 1. The van der Waals surface area contributed by atoms with Gasteiger partial charge in [0.25, 0.3) is 0 Å². The molecule has 0 atom stereocenters. The van der Waals surface area contributed by atoms with Crippen LogP contribution < -0.4 is 5.32 Å². The molecule has 0 fully saturated rings. The lowest BCUT2D eigenvalue weighted by Crippen LogP contribution is -2.15. The summed E-state index contributed by atoms with van der Waals surface area (Å²) in [5.74, 6) is 0.920. The smallest absolute Gasteiger partial charge is 0.152 e. The second kappa shape index (κ2) is 6.26. The molecule has 1 heterocycles. The first-order valence-corrected chi connectivity index (χ1v) is 6.31. The minimum atomic E-state index is 0.732. The molecule has 0 saturated heterocycles. The third-order valence-electron chi connectivity index (χ3n) is 2.97. The van der Waals surface area contributed by atoms with Crippen LogP contribution in [-0.4, -0.2) is 33.8 Å². The molecule has 5 heteroatoms. The van der Waals surface area contributed by atoms with Crippen LogP contribution in [0.25, 0.3) is 0 Å². The molecule has 0 radical (unpaired) electrons. The van der Waals surface area contributed by atoms with Gasteiger partial charge in [0.05, 0.1) is 6.54 Å². The van der Waals surface area contributed by atoms with E-state index in [1.807, 2.05) is 11.7 Å². The van der Waals surface area contributed by atoms with Crippen LogP contribution in [0.15, 0.2) is 24.3 Å². The maximum Gasteiger partial charge on any atom is 0.152 e. The summed E-state index contributed by atoms with van der Waals surface area (Å²) >= 11 is 0. The van der Waals surface area contributed by atoms with E-state index >= 15 is 0 Å². The van der Waals surface area contributed by atoms with Crippen LogP contribution in [0, 0.1) is 0 Å². The molecule has 1 aromatic heterocycles. The first-order valence-electron chi connectivity index (χ1n) is 6.31. The summed E-state index contributed by atoms with van der Waals surface area (Å²) in [5, 5.41) is 14.9. The third kappa shape index (κ3) is 3.13. The lowest BCUT2D eigenvalue weighted by molar-refractivity contribution is 0.608. The minimum Gasteiger partial charge on any atom is -0.319 e. The lowest BCUT2D eigenvalue weighted by Gasteiger charge is -2.05. The number of nitrogens with zero attached hydrogens (tertiary/aromatic N) is 4. The number of nitrogens with one attached hydrogen (secondary N) is 1. The van der Waals surface area contributed by atoms with E-state index in [9.17, 15) is 0 Å². The van der Waals surface area contributed by atoms with E-state index in [0.29, 0.717) is 0 Å². The summed E-state index contributed by atoms with van der Waals surface area (Å²) in [7, 11) is 1.93. The second-order valence-corrected chi connectivity index (χ2v) is 4.28. The van der Waals surface area contributed by atoms with Gasteiger partial charge in [0.15, 0.2) is 5.82 Å². The van der Waals surface area contributed by atoms with E-state index in [4.69, 9.17) is 0 Å². The van der Waals surface area contributed by atoms with Gasteiger partial charge in [-0.15, -0.1) is 5.10 Å². The standard InChI is InChI=1S/C13H19N5/c1-3-11-4-6-12(7-5-11)10-18-13(8-9-14-2)15-16-17-18/h4-7,14H,3,8-10H2,1-2H3. The molecule has 18 heavy (non-hydrogen) atoms. The molecule has 0 saturated carbocycles. The van der Waals surface area contributed by atoms with Crippen LogP contribution >= 0.6 is 0 Å². The minimum absolute atomic E-state index is 0.732. The summed E-state index contributed by atoms with van der Waals surface area (Å²) in [6.45, 7) is 3.78. The fourth-order valence-corrected chi connectivity index (χ4v) is 1.82. The Morgan fingerprint density at radius 3 is 2.56 bits per heavy atom. The van der Waals surface area contributed by atoms with Crippen LogP contribution in [-0.2, 0) is 19.4 Å². The van der Waals surface area contributed by atoms with Crippen molar-refractivity contribution in [1.29, 1.82) is 0 Å². The average molecular weight is 245 g/mol. The monoisotopic (exact) mass is 245 g/mol. The number of aromatic nitrogens is 4. The molecule has 1 aromatic carbocycles. The van der Waals surface area contributed by atoms with Crippen LogP contribution in [0.5, 0.6) is 0 Å². The Balaban J connectivity index is 2.05. The number of hydrogen-bond acceptors (Lipinski definition) is 4. The van der Waals surface area contributed by atoms with E-state index in [2.05, 4.69) is 52.0 Å². The van der Waals surface area contributed by atoms with E-state index in [-0.39, 0.29) is 0 Å². The van der Waals surface area contributed by atoms with Gasteiger partial charge in [-0.25, -0.2) is 4.68 Å². The van der Waals surface area contributed by atoms with Gasteiger partial charge in [0.2, 0.25) is 0 Å². The molecule has 0 unspecified atom stereocenters. The van der Waals surface area contributed by atoms with Crippen LogP contribution in [0.4, 0.5) is 0 Å². The number of rotatable bonds is 6. The number of likely N-dealkylation sites (N-methyl/N-ethyl adjacent to an activating group) is 1. The van der Waals surface area contributed by atoms with Gasteiger partial charge in [-0.3, -0.25) is 0 Å². The Morgan fingerprint density at radius 1 is 1.17 bits per heavy atom. The highest BCUT2D eigenvalue weighted by atomic mass is 15.5. The average Bonchev–Trinajstić information content (AvgIpc) is 2.84. The van der Waals surface area contributed by atoms with E-state index in [1.165, 1.54) is 11.1 Å². The molecular formula is C13H19N5. The van der Waals surface area contributed by atoms with Gasteiger partial charge < -0.3 is 5.32 Å². The zero-order valence-electron chi connectivity index (χ0n) is 10.9. The Hall–Kier alpha value is -1.75. The fraction of sp³-hybridized carbons (Fsp3) is 0.462. The van der Waals surface area contributed by atoms with Crippen molar-refractivity contribution in [2.45, 2.75) is 26.3 Å².